The Labute approximate surface area is 92.8 Å². The first kappa shape index (κ1) is 10.6. The summed E-state index contributed by atoms with van der Waals surface area (Å²) in [4.78, 5) is 11.6. The van der Waals surface area contributed by atoms with Crippen LogP contribution in [0, 0.1) is 0 Å². The van der Waals surface area contributed by atoms with Gasteiger partial charge in [-0.1, -0.05) is 0 Å². The third-order valence-electron chi connectivity index (χ3n) is 2.43. The van der Waals surface area contributed by atoms with E-state index in [1.54, 1.807) is 13.1 Å². The highest BCUT2D eigenvalue weighted by Crippen LogP contribution is 2.16. The lowest BCUT2D eigenvalue weighted by Gasteiger charge is -2.10. The molecule has 2 rings (SSSR count). The highest BCUT2D eigenvalue weighted by atomic mass is 16.5. The van der Waals surface area contributed by atoms with Crippen molar-refractivity contribution < 1.29 is 9.53 Å². The minimum atomic E-state index is -0.461. The van der Waals surface area contributed by atoms with Crippen molar-refractivity contribution in [2.24, 2.45) is 0 Å². The summed E-state index contributed by atoms with van der Waals surface area (Å²) in [6.07, 6.45) is 1.27. The summed E-state index contributed by atoms with van der Waals surface area (Å²) in [7, 11) is 1.50. The van der Waals surface area contributed by atoms with Crippen LogP contribution in [-0.2, 0) is 9.53 Å². The third-order valence-corrected chi connectivity index (χ3v) is 2.43. The van der Waals surface area contributed by atoms with Crippen molar-refractivity contribution in [2.45, 2.75) is 13.0 Å². The molecule has 1 unspecified atom stereocenters. The number of rotatable bonds is 3. The minimum Gasteiger partial charge on any atom is -0.372 e. The molecule has 0 fully saturated rings. The minimum absolute atomic E-state index is 0.165. The smallest absolute Gasteiger partial charge is 0.253 e. The van der Waals surface area contributed by atoms with Gasteiger partial charge in [-0.15, -0.1) is 0 Å². The monoisotopic (exact) mass is 219 g/mol. The summed E-state index contributed by atoms with van der Waals surface area (Å²) in [5.41, 5.74) is 1.62. The molecule has 1 aromatic heterocycles. The summed E-state index contributed by atoms with van der Waals surface area (Å²) >= 11 is 0. The number of nitrogens with zero attached hydrogens (tertiary/aromatic N) is 1. The molecular formula is C11H13N3O2. The first-order valence-electron chi connectivity index (χ1n) is 4.97. The van der Waals surface area contributed by atoms with Crippen LogP contribution in [0.4, 0.5) is 5.69 Å². The van der Waals surface area contributed by atoms with Gasteiger partial charge in [0, 0.05) is 18.2 Å². The number of benzene rings is 1. The zero-order valence-corrected chi connectivity index (χ0v) is 9.15. The molecule has 0 saturated carbocycles. The van der Waals surface area contributed by atoms with Crippen LogP contribution < -0.4 is 5.32 Å². The highest BCUT2D eigenvalue weighted by molar-refractivity contribution is 5.95. The number of hydrogen-bond donors (Lipinski definition) is 2. The lowest BCUT2D eigenvalue weighted by atomic mass is 10.2. The maximum Gasteiger partial charge on any atom is 0.253 e. The van der Waals surface area contributed by atoms with Crippen LogP contribution in [-0.4, -0.2) is 29.3 Å². The van der Waals surface area contributed by atoms with Crippen LogP contribution in [0.2, 0.25) is 0 Å². The summed E-state index contributed by atoms with van der Waals surface area (Å²) in [5, 5.41) is 10.5. The van der Waals surface area contributed by atoms with Gasteiger partial charge >= 0.3 is 0 Å². The number of hydrogen-bond acceptors (Lipinski definition) is 3. The molecule has 2 aromatic rings. The molecule has 0 bridgehead atoms. The molecule has 1 amide bonds. The topological polar surface area (TPSA) is 67.0 Å². The molecule has 16 heavy (non-hydrogen) atoms. The second kappa shape index (κ2) is 4.32. The quantitative estimate of drug-likeness (QED) is 0.822. The van der Waals surface area contributed by atoms with Crippen LogP contribution in [0.5, 0.6) is 0 Å². The van der Waals surface area contributed by atoms with Gasteiger partial charge in [-0.05, 0) is 25.1 Å². The molecule has 0 saturated heterocycles. The van der Waals surface area contributed by atoms with Gasteiger partial charge in [0.25, 0.3) is 5.91 Å². The van der Waals surface area contributed by atoms with E-state index in [-0.39, 0.29) is 5.91 Å². The van der Waals surface area contributed by atoms with E-state index < -0.39 is 6.10 Å². The lowest BCUT2D eigenvalue weighted by molar-refractivity contribution is -0.124. The van der Waals surface area contributed by atoms with E-state index in [2.05, 4.69) is 15.5 Å². The molecule has 1 atom stereocenters. The van der Waals surface area contributed by atoms with Gasteiger partial charge in [0.05, 0.1) is 11.7 Å². The summed E-state index contributed by atoms with van der Waals surface area (Å²) < 4.78 is 4.92. The average molecular weight is 219 g/mol. The molecule has 84 valence electrons. The lowest BCUT2D eigenvalue weighted by Crippen LogP contribution is -2.26. The molecule has 0 aliphatic heterocycles. The Morgan fingerprint density at radius 3 is 3.12 bits per heavy atom. The summed E-state index contributed by atoms with van der Waals surface area (Å²) in [6, 6.07) is 5.56. The van der Waals surface area contributed by atoms with Crippen molar-refractivity contribution in [2.75, 3.05) is 12.4 Å². The number of nitrogens with one attached hydrogen (secondary N) is 2. The molecule has 5 nitrogen and oxygen atoms in total. The maximum absolute atomic E-state index is 11.6. The molecular weight excluding hydrogens is 206 g/mol. The van der Waals surface area contributed by atoms with E-state index in [0.717, 1.165) is 16.6 Å². The number of anilines is 1. The van der Waals surface area contributed by atoms with Crippen molar-refractivity contribution >= 4 is 22.5 Å². The number of H-pyrrole nitrogens is 1. The van der Waals surface area contributed by atoms with Gasteiger partial charge in [0.1, 0.15) is 6.10 Å². The average Bonchev–Trinajstić information content (AvgIpc) is 2.75. The number of fused-ring (bicyclic) bond motifs is 1. The number of carbonyl (C=O) groups excluding carboxylic acids is 1. The fourth-order valence-electron chi connectivity index (χ4n) is 1.37. The Morgan fingerprint density at radius 2 is 2.38 bits per heavy atom. The highest BCUT2D eigenvalue weighted by Gasteiger charge is 2.11. The fraction of sp³-hybridized carbons (Fsp3) is 0.273. The number of ether oxygens (including phenoxy) is 1. The SMILES string of the molecule is COC(C)C(=O)Nc1ccc2cn[nH]c2c1. The Kier molecular flexibility index (Phi) is 2.87. The predicted octanol–water partition coefficient (Wildman–Crippen LogP) is 1.54. The Morgan fingerprint density at radius 1 is 1.56 bits per heavy atom. The molecule has 1 heterocycles. The van der Waals surface area contributed by atoms with Crippen LogP contribution >= 0.6 is 0 Å². The Hall–Kier alpha value is -1.88. The number of amides is 1. The van der Waals surface area contributed by atoms with Crippen molar-refractivity contribution in [1.82, 2.24) is 10.2 Å². The van der Waals surface area contributed by atoms with Gasteiger partial charge in [-0.25, -0.2) is 0 Å². The van der Waals surface area contributed by atoms with Gasteiger partial charge in [-0.3, -0.25) is 9.89 Å². The molecule has 0 aliphatic carbocycles. The largest absolute Gasteiger partial charge is 0.372 e. The molecule has 0 radical (unpaired) electrons. The first-order chi connectivity index (χ1) is 7.70. The fourth-order valence-corrected chi connectivity index (χ4v) is 1.37. The Bertz CT molecular complexity index is 507. The normalized spacial score (nSPS) is 12.6. The third kappa shape index (κ3) is 2.04. The van der Waals surface area contributed by atoms with Crippen LogP contribution in [0.3, 0.4) is 0 Å². The molecule has 5 heteroatoms. The van der Waals surface area contributed by atoms with Crippen molar-refractivity contribution in [3.63, 3.8) is 0 Å². The number of methoxy groups -OCH3 is 1. The van der Waals surface area contributed by atoms with E-state index in [0.29, 0.717) is 0 Å². The van der Waals surface area contributed by atoms with E-state index in [1.807, 2.05) is 18.2 Å². The van der Waals surface area contributed by atoms with Crippen LogP contribution in [0.15, 0.2) is 24.4 Å². The van der Waals surface area contributed by atoms with E-state index >= 15 is 0 Å². The van der Waals surface area contributed by atoms with E-state index in [4.69, 9.17) is 4.74 Å². The van der Waals surface area contributed by atoms with Crippen molar-refractivity contribution in [3.8, 4) is 0 Å². The van der Waals surface area contributed by atoms with Crippen molar-refractivity contribution in [3.05, 3.63) is 24.4 Å². The van der Waals surface area contributed by atoms with Gasteiger partial charge in [0.15, 0.2) is 0 Å². The van der Waals surface area contributed by atoms with Crippen LogP contribution in [0.1, 0.15) is 6.92 Å². The van der Waals surface area contributed by atoms with E-state index in [1.165, 1.54) is 7.11 Å². The molecule has 0 spiro atoms. The standard InChI is InChI=1S/C11H13N3O2/c1-7(16-2)11(15)13-9-4-3-8-6-12-14-10(8)5-9/h3-7H,1-2H3,(H,12,14)(H,13,15). The summed E-state index contributed by atoms with van der Waals surface area (Å²) in [6.45, 7) is 1.70. The zero-order chi connectivity index (χ0) is 11.5. The Balaban J connectivity index is 2.17. The zero-order valence-electron chi connectivity index (χ0n) is 9.15. The molecule has 2 N–H and O–H groups in total. The number of aromatic nitrogens is 2. The maximum atomic E-state index is 11.6. The van der Waals surface area contributed by atoms with Gasteiger partial charge in [0.2, 0.25) is 0 Å². The van der Waals surface area contributed by atoms with Gasteiger partial charge < -0.3 is 10.1 Å². The molecule has 1 aromatic carbocycles. The predicted molar refractivity (Wildman–Crippen MR) is 61.2 cm³/mol. The molecule has 0 aliphatic rings. The van der Waals surface area contributed by atoms with Crippen LogP contribution in [0.25, 0.3) is 10.9 Å². The van der Waals surface area contributed by atoms with Crippen molar-refractivity contribution in [1.29, 1.82) is 0 Å². The second-order valence-electron chi connectivity index (χ2n) is 3.54. The summed E-state index contributed by atoms with van der Waals surface area (Å²) in [5.74, 6) is -0.165. The number of carbonyl (C=O) groups is 1. The first-order valence-corrected chi connectivity index (χ1v) is 4.97. The second-order valence-corrected chi connectivity index (χ2v) is 3.54. The van der Waals surface area contributed by atoms with E-state index in [9.17, 15) is 4.79 Å². The number of aromatic amines is 1. The van der Waals surface area contributed by atoms with Gasteiger partial charge in [-0.2, -0.15) is 5.10 Å².